The van der Waals surface area contributed by atoms with Gasteiger partial charge in [0.2, 0.25) is 0 Å². The Morgan fingerprint density at radius 3 is 2.14 bits per heavy atom. The summed E-state index contributed by atoms with van der Waals surface area (Å²) in [6, 6.07) is 8.38. The predicted molar refractivity (Wildman–Crippen MR) is 108 cm³/mol. The van der Waals surface area contributed by atoms with Crippen molar-refractivity contribution >= 4 is 0 Å². The molecule has 2 heterocycles. The van der Waals surface area contributed by atoms with Crippen LogP contribution in [0.1, 0.15) is 11.3 Å². The quantitative estimate of drug-likeness (QED) is 0.364. The Morgan fingerprint density at radius 2 is 1.58 bits per heavy atom. The lowest BCUT2D eigenvalue weighted by atomic mass is 9.84. The van der Waals surface area contributed by atoms with Crippen molar-refractivity contribution in [2.45, 2.75) is 24.4 Å². The van der Waals surface area contributed by atoms with Crippen LogP contribution in [-0.4, -0.2) is 36.7 Å². The van der Waals surface area contributed by atoms with E-state index in [0.29, 0.717) is 23.8 Å². The third-order valence-electron chi connectivity index (χ3n) is 5.18. The maximum Gasteiger partial charge on any atom is 0.573 e. The van der Waals surface area contributed by atoms with E-state index in [1.165, 1.54) is 18.2 Å². The Morgan fingerprint density at radius 1 is 0.889 bits per heavy atom. The van der Waals surface area contributed by atoms with Crippen LogP contribution in [0.2, 0.25) is 0 Å². The minimum atomic E-state index is -4.88. The van der Waals surface area contributed by atoms with Crippen molar-refractivity contribution < 1.29 is 40.6 Å². The van der Waals surface area contributed by atoms with Crippen LogP contribution in [0.15, 0.2) is 67.1 Å². The summed E-state index contributed by atoms with van der Waals surface area (Å²) in [6.45, 7) is -1.01. The maximum absolute atomic E-state index is 15.7. The fourth-order valence-electron chi connectivity index (χ4n) is 3.48. The molecular formula is C22H14F7N5O2. The highest BCUT2D eigenvalue weighted by Gasteiger charge is 2.58. The van der Waals surface area contributed by atoms with Crippen molar-refractivity contribution in [2.75, 3.05) is 0 Å². The second-order valence-electron chi connectivity index (χ2n) is 7.57. The Kier molecular flexibility index (Phi) is 6.39. The lowest BCUT2D eigenvalue weighted by Crippen LogP contribution is -2.48. The van der Waals surface area contributed by atoms with Crippen LogP contribution in [0.25, 0.3) is 11.1 Å². The second-order valence-corrected chi connectivity index (χ2v) is 7.57. The molecule has 0 aliphatic rings. The fourth-order valence-corrected chi connectivity index (χ4v) is 3.48. The summed E-state index contributed by atoms with van der Waals surface area (Å²) in [5.74, 6) is -7.20. The summed E-state index contributed by atoms with van der Waals surface area (Å²) in [4.78, 5) is 3.70. The molecule has 36 heavy (non-hydrogen) atoms. The molecule has 4 aromatic rings. The zero-order valence-electron chi connectivity index (χ0n) is 17.8. The molecule has 0 saturated carbocycles. The molecule has 4 rings (SSSR count). The number of aromatic nitrogens is 5. The van der Waals surface area contributed by atoms with Gasteiger partial charge in [0.25, 0.3) is 0 Å². The Labute approximate surface area is 197 Å². The summed E-state index contributed by atoms with van der Waals surface area (Å²) in [6.07, 6.45) is -2.95. The summed E-state index contributed by atoms with van der Waals surface area (Å²) in [5, 5.41) is 21.2. The monoisotopic (exact) mass is 513 g/mol. The molecular weight excluding hydrogens is 499 g/mol. The van der Waals surface area contributed by atoms with Gasteiger partial charge in [-0.15, -0.1) is 18.3 Å². The molecule has 2 aromatic heterocycles. The standard InChI is InChI=1S/C22H14F7N5O2/c23-15-4-7-17(18(24)9-15)20(35,11-34-12-31-32-33-34)21(25,26)19-8-3-14(10-30-19)13-1-5-16(6-2-13)36-22(27,28)29/h1-10,12,35H,11H2/t20-/m1/s1. The van der Waals surface area contributed by atoms with Crippen LogP contribution in [0, 0.1) is 11.6 Å². The summed E-state index contributed by atoms with van der Waals surface area (Å²) in [7, 11) is 0. The smallest absolute Gasteiger partial charge is 0.406 e. The van der Waals surface area contributed by atoms with Gasteiger partial charge in [0.1, 0.15) is 29.4 Å². The average Bonchev–Trinajstić information content (AvgIpc) is 3.31. The Balaban J connectivity index is 1.69. The van der Waals surface area contributed by atoms with Gasteiger partial charge < -0.3 is 9.84 Å². The van der Waals surface area contributed by atoms with Crippen molar-refractivity contribution in [1.29, 1.82) is 0 Å². The Bertz CT molecular complexity index is 1330. The van der Waals surface area contributed by atoms with Crippen molar-refractivity contribution in [3.8, 4) is 16.9 Å². The number of hydrogen-bond acceptors (Lipinski definition) is 6. The van der Waals surface area contributed by atoms with Crippen LogP contribution < -0.4 is 4.74 Å². The molecule has 0 amide bonds. The first kappa shape index (κ1) is 25.0. The van der Waals surface area contributed by atoms with Gasteiger partial charge in [0, 0.05) is 23.4 Å². The fraction of sp³-hybridized carbons (Fsp3) is 0.182. The third-order valence-corrected chi connectivity index (χ3v) is 5.18. The average molecular weight is 513 g/mol. The van der Waals surface area contributed by atoms with Crippen LogP contribution >= 0.6 is 0 Å². The van der Waals surface area contributed by atoms with Crippen LogP contribution in [-0.2, 0) is 18.1 Å². The molecule has 0 radical (unpaired) electrons. The highest BCUT2D eigenvalue weighted by Crippen LogP contribution is 2.46. The van der Waals surface area contributed by atoms with Crippen LogP contribution in [0.3, 0.4) is 0 Å². The first-order valence-corrected chi connectivity index (χ1v) is 9.98. The number of halogens is 7. The van der Waals surface area contributed by atoms with Crippen molar-refractivity contribution in [3.63, 3.8) is 0 Å². The van der Waals surface area contributed by atoms with E-state index in [1.807, 2.05) is 0 Å². The van der Waals surface area contributed by atoms with Gasteiger partial charge in [-0.25, -0.2) is 13.5 Å². The van der Waals surface area contributed by atoms with Gasteiger partial charge in [-0.2, -0.15) is 8.78 Å². The molecule has 0 unspecified atom stereocenters. The van der Waals surface area contributed by atoms with E-state index < -0.39 is 53.1 Å². The van der Waals surface area contributed by atoms with Gasteiger partial charge in [-0.1, -0.05) is 18.2 Å². The van der Waals surface area contributed by atoms with Gasteiger partial charge >= 0.3 is 12.3 Å². The molecule has 0 fully saturated rings. The summed E-state index contributed by atoms with van der Waals surface area (Å²) in [5.41, 5.74) is -4.60. The van der Waals surface area contributed by atoms with E-state index in [-0.39, 0.29) is 5.56 Å². The lowest BCUT2D eigenvalue weighted by molar-refractivity contribution is -0.274. The number of benzene rings is 2. The van der Waals surface area contributed by atoms with Gasteiger partial charge in [0.15, 0.2) is 5.60 Å². The number of nitrogens with zero attached hydrogens (tertiary/aromatic N) is 5. The minimum absolute atomic E-state index is 0.255. The predicted octanol–water partition coefficient (Wildman–Crippen LogP) is 4.59. The molecule has 2 aromatic carbocycles. The number of rotatable bonds is 7. The lowest BCUT2D eigenvalue weighted by Gasteiger charge is -2.35. The maximum atomic E-state index is 15.7. The van der Waals surface area contributed by atoms with E-state index in [2.05, 4.69) is 25.2 Å². The minimum Gasteiger partial charge on any atom is -0.406 e. The van der Waals surface area contributed by atoms with Gasteiger partial charge in [-0.3, -0.25) is 4.98 Å². The van der Waals surface area contributed by atoms with Crippen LogP contribution in [0.5, 0.6) is 5.75 Å². The largest absolute Gasteiger partial charge is 0.573 e. The molecule has 0 bridgehead atoms. The number of alkyl halides is 5. The molecule has 1 atom stereocenters. The first-order chi connectivity index (χ1) is 16.9. The summed E-state index contributed by atoms with van der Waals surface area (Å²) >= 11 is 0. The first-order valence-electron chi connectivity index (χ1n) is 9.98. The zero-order chi connectivity index (χ0) is 26.1. The number of pyridine rings is 1. The molecule has 1 N–H and O–H groups in total. The number of ether oxygens (including phenoxy) is 1. The topological polar surface area (TPSA) is 86.0 Å². The molecule has 0 saturated heterocycles. The number of tetrazole rings is 1. The second kappa shape index (κ2) is 9.18. The van der Waals surface area contributed by atoms with Crippen molar-refractivity contribution in [2.24, 2.45) is 0 Å². The zero-order valence-corrected chi connectivity index (χ0v) is 17.8. The number of hydrogen-bond donors (Lipinski definition) is 1. The molecule has 0 spiro atoms. The highest BCUT2D eigenvalue weighted by atomic mass is 19.4. The normalized spacial score (nSPS) is 13.9. The van der Waals surface area contributed by atoms with E-state index in [0.717, 1.165) is 35.4 Å². The molecule has 7 nitrogen and oxygen atoms in total. The van der Waals surface area contributed by atoms with E-state index in [1.54, 1.807) is 0 Å². The van der Waals surface area contributed by atoms with Crippen molar-refractivity contribution in [3.05, 3.63) is 90.0 Å². The molecule has 0 aliphatic heterocycles. The van der Waals surface area contributed by atoms with E-state index >= 15 is 8.78 Å². The molecule has 188 valence electrons. The van der Waals surface area contributed by atoms with E-state index in [4.69, 9.17) is 0 Å². The van der Waals surface area contributed by atoms with E-state index in [9.17, 15) is 27.1 Å². The molecule has 14 heteroatoms. The third kappa shape index (κ3) is 4.98. The van der Waals surface area contributed by atoms with Gasteiger partial charge in [-0.05, 0) is 46.3 Å². The highest BCUT2D eigenvalue weighted by molar-refractivity contribution is 5.63. The van der Waals surface area contributed by atoms with Gasteiger partial charge in [0.05, 0.1) is 6.54 Å². The number of aliphatic hydroxyl groups is 1. The van der Waals surface area contributed by atoms with Crippen LogP contribution in [0.4, 0.5) is 30.7 Å². The SMILES string of the molecule is O[C@](Cn1cnnn1)(c1ccc(F)cc1F)C(F)(F)c1ccc(-c2ccc(OC(F)(F)F)cc2)cn1. The van der Waals surface area contributed by atoms with Crippen molar-refractivity contribution in [1.82, 2.24) is 25.2 Å². The Hall–Kier alpha value is -4.07. The molecule has 0 aliphatic carbocycles. The summed E-state index contributed by atoms with van der Waals surface area (Å²) < 4.78 is 101.